The molecule has 0 bridgehead atoms. The highest BCUT2D eigenvalue weighted by Gasteiger charge is 2.28. The van der Waals surface area contributed by atoms with Gasteiger partial charge >= 0.3 is 0 Å². The lowest BCUT2D eigenvalue weighted by Crippen LogP contribution is -2.23. The van der Waals surface area contributed by atoms with Gasteiger partial charge in [0.25, 0.3) is 0 Å². The van der Waals surface area contributed by atoms with Gasteiger partial charge in [0, 0.05) is 0 Å². The highest BCUT2D eigenvalue weighted by molar-refractivity contribution is 5.24. The predicted octanol–water partition coefficient (Wildman–Crippen LogP) is 9.47. The van der Waals surface area contributed by atoms with Crippen LogP contribution in [0.15, 0.2) is 35.9 Å². The summed E-state index contributed by atoms with van der Waals surface area (Å²) in [6.07, 6.45) is 26.5. The number of hydrogen-bond acceptors (Lipinski definition) is 0. The lowest BCUT2D eigenvalue weighted by atomic mass is 9.70. The Bertz CT molecular complexity index is 599. The molecule has 0 aliphatic heterocycles. The Morgan fingerprint density at radius 2 is 1.33 bits per heavy atom. The molecule has 1 saturated carbocycles. The molecule has 0 nitrogen and oxygen atoms in total. The summed E-state index contributed by atoms with van der Waals surface area (Å²) in [6.45, 7) is 4.61. The van der Waals surface area contributed by atoms with Crippen LogP contribution >= 0.6 is 0 Å². The quantitative estimate of drug-likeness (QED) is 0.238. The fourth-order valence-corrected chi connectivity index (χ4v) is 5.95. The van der Waals surface area contributed by atoms with E-state index in [1.807, 2.05) is 0 Å². The summed E-state index contributed by atoms with van der Waals surface area (Å²) in [7, 11) is 0. The first-order valence-corrected chi connectivity index (χ1v) is 13.5. The van der Waals surface area contributed by atoms with E-state index in [1.54, 1.807) is 5.57 Å². The van der Waals surface area contributed by atoms with Crippen LogP contribution in [0.4, 0.5) is 0 Å². The van der Waals surface area contributed by atoms with Crippen LogP contribution in [0, 0.1) is 17.8 Å². The Labute approximate surface area is 187 Å². The van der Waals surface area contributed by atoms with Crippen LogP contribution in [-0.4, -0.2) is 0 Å². The summed E-state index contributed by atoms with van der Waals surface area (Å²) >= 11 is 0. The summed E-state index contributed by atoms with van der Waals surface area (Å²) in [4.78, 5) is 0. The zero-order valence-electron chi connectivity index (χ0n) is 20.1. The van der Waals surface area contributed by atoms with Gasteiger partial charge in [0.15, 0.2) is 0 Å². The van der Waals surface area contributed by atoms with E-state index in [-0.39, 0.29) is 0 Å². The van der Waals surface area contributed by atoms with Crippen LogP contribution in [0.3, 0.4) is 0 Å². The van der Waals surface area contributed by atoms with Crippen molar-refractivity contribution in [2.45, 2.75) is 123 Å². The van der Waals surface area contributed by atoms with Crippen molar-refractivity contribution in [2.24, 2.45) is 17.8 Å². The van der Waals surface area contributed by atoms with E-state index in [0.717, 1.165) is 17.8 Å². The Morgan fingerprint density at radius 3 is 1.97 bits per heavy atom. The number of unbranched alkanes of at least 4 members (excludes halogenated alkanes) is 4. The second-order valence-electron chi connectivity index (χ2n) is 10.4. The lowest BCUT2D eigenvalue weighted by molar-refractivity contribution is 0.185. The van der Waals surface area contributed by atoms with Gasteiger partial charge in [-0.15, -0.1) is 0 Å². The van der Waals surface area contributed by atoms with E-state index in [0.29, 0.717) is 0 Å². The second-order valence-corrected chi connectivity index (χ2v) is 10.4. The fraction of sp³-hybridized carbons (Fsp3) is 0.733. The molecule has 0 N–H and O–H groups in total. The van der Waals surface area contributed by atoms with Gasteiger partial charge < -0.3 is 0 Å². The van der Waals surface area contributed by atoms with Gasteiger partial charge in [-0.1, -0.05) is 101 Å². The minimum atomic E-state index is 0.993. The minimum Gasteiger partial charge on any atom is -0.0850 e. The van der Waals surface area contributed by atoms with Crippen molar-refractivity contribution < 1.29 is 0 Å². The molecule has 0 radical (unpaired) electrons. The average Bonchev–Trinajstić information content (AvgIpc) is 2.80. The predicted molar refractivity (Wildman–Crippen MR) is 133 cm³/mol. The number of rotatable bonds is 12. The molecule has 1 unspecified atom stereocenters. The Hall–Kier alpha value is -1.04. The van der Waals surface area contributed by atoms with Gasteiger partial charge in [0.1, 0.15) is 0 Å². The molecule has 2 aliphatic rings. The van der Waals surface area contributed by atoms with Crippen LogP contribution < -0.4 is 0 Å². The molecule has 1 fully saturated rings. The van der Waals surface area contributed by atoms with Crippen molar-refractivity contribution >= 4 is 0 Å². The molecule has 0 aromatic heterocycles. The molecule has 0 saturated heterocycles. The maximum Gasteiger partial charge on any atom is -0.0241 e. The number of aryl methyl sites for hydroxylation is 2. The topological polar surface area (TPSA) is 0 Å². The van der Waals surface area contributed by atoms with E-state index in [2.05, 4.69) is 44.2 Å². The largest absolute Gasteiger partial charge is 0.0850 e. The van der Waals surface area contributed by atoms with Crippen molar-refractivity contribution in [1.29, 1.82) is 0 Å². The molecule has 30 heavy (non-hydrogen) atoms. The third-order valence-corrected chi connectivity index (χ3v) is 8.15. The number of allylic oxidation sites excluding steroid dienone is 2. The van der Waals surface area contributed by atoms with Gasteiger partial charge in [-0.3, -0.25) is 0 Å². The zero-order chi connectivity index (χ0) is 21.0. The highest BCUT2D eigenvalue weighted by atomic mass is 14.3. The Kier molecular flexibility index (Phi) is 10.5. The molecule has 0 heterocycles. The first-order chi connectivity index (χ1) is 14.8. The van der Waals surface area contributed by atoms with Crippen LogP contribution in [-0.2, 0) is 12.8 Å². The monoisotopic (exact) mass is 408 g/mol. The van der Waals surface area contributed by atoms with E-state index in [9.17, 15) is 0 Å². The highest BCUT2D eigenvalue weighted by Crippen LogP contribution is 2.41. The van der Waals surface area contributed by atoms with Crippen LogP contribution in [0.1, 0.15) is 121 Å². The van der Waals surface area contributed by atoms with Gasteiger partial charge in [0.2, 0.25) is 0 Å². The average molecular weight is 409 g/mol. The standard InChI is InChI=1S/C30H48/c1-3-5-7-9-25-11-13-27(14-12-25)15-16-28-19-23-30(24-20-28)29-21-17-26(18-22-29)10-8-6-4-2/h11-14,19,26,29-30H,3-10,15-18,20-24H2,1-2H3/t26-,29-,30?. The summed E-state index contributed by atoms with van der Waals surface area (Å²) in [5.74, 6) is 3.08. The Balaban J connectivity index is 1.34. The van der Waals surface area contributed by atoms with Crippen molar-refractivity contribution in [3.05, 3.63) is 47.0 Å². The third-order valence-electron chi connectivity index (χ3n) is 8.15. The van der Waals surface area contributed by atoms with Crippen molar-refractivity contribution in [1.82, 2.24) is 0 Å². The molecular weight excluding hydrogens is 360 g/mol. The van der Waals surface area contributed by atoms with Gasteiger partial charge in [-0.25, -0.2) is 0 Å². The van der Waals surface area contributed by atoms with E-state index in [4.69, 9.17) is 0 Å². The maximum atomic E-state index is 2.64. The molecule has 0 amide bonds. The molecule has 1 aromatic rings. The maximum absolute atomic E-state index is 2.64. The molecule has 1 atom stereocenters. The first kappa shape index (κ1) is 23.6. The normalized spacial score (nSPS) is 24.6. The number of hydrogen-bond donors (Lipinski definition) is 0. The van der Waals surface area contributed by atoms with Gasteiger partial charge in [-0.05, 0) is 86.7 Å². The molecule has 0 heteroatoms. The molecule has 0 spiro atoms. The fourth-order valence-electron chi connectivity index (χ4n) is 5.95. The van der Waals surface area contributed by atoms with Crippen molar-refractivity contribution in [3.63, 3.8) is 0 Å². The Morgan fingerprint density at radius 1 is 0.667 bits per heavy atom. The summed E-state index contributed by atoms with van der Waals surface area (Å²) < 4.78 is 0. The lowest BCUT2D eigenvalue weighted by Gasteiger charge is -2.35. The van der Waals surface area contributed by atoms with E-state index < -0.39 is 0 Å². The van der Waals surface area contributed by atoms with Crippen LogP contribution in [0.5, 0.6) is 0 Å². The summed E-state index contributed by atoms with van der Waals surface area (Å²) in [5, 5.41) is 0. The summed E-state index contributed by atoms with van der Waals surface area (Å²) in [6, 6.07) is 9.50. The van der Waals surface area contributed by atoms with E-state index in [1.165, 1.54) is 120 Å². The van der Waals surface area contributed by atoms with E-state index >= 15 is 0 Å². The van der Waals surface area contributed by atoms with Crippen molar-refractivity contribution in [2.75, 3.05) is 0 Å². The SMILES string of the molecule is CCCCCc1ccc(CCC2=CCC([C@H]3CC[C@H](CCCCC)CC3)CC2)cc1. The minimum absolute atomic E-state index is 0.993. The molecule has 3 rings (SSSR count). The second kappa shape index (κ2) is 13.4. The van der Waals surface area contributed by atoms with Crippen LogP contribution in [0.25, 0.3) is 0 Å². The first-order valence-electron chi connectivity index (χ1n) is 13.5. The molecule has 168 valence electrons. The van der Waals surface area contributed by atoms with Crippen molar-refractivity contribution in [3.8, 4) is 0 Å². The third kappa shape index (κ3) is 7.90. The smallest absolute Gasteiger partial charge is 0.0241 e. The molecule has 2 aliphatic carbocycles. The van der Waals surface area contributed by atoms with Gasteiger partial charge in [0.05, 0.1) is 0 Å². The number of benzene rings is 1. The van der Waals surface area contributed by atoms with Crippen LogP contribution in [0.2, 0.25) is 0 Å². The van der Waals surface area contributed by atoms with Gasteiger partial charge in [-0.2, -0.15) is 0 Å². The molecule has 1 aromatic carbocycles. The summed E-state index contributed by atoms with van der Waals surface area (Å²) in [5.41, 5.74) is 4.79. The molecular formula is C30H48. The zero-order valence-corrected chi connectivity index (χ0v) is 20.1.